The van der Waals surface area contributed by atoms with Gasteiger partial charge in [-0.05, 0) is 42.5 Å². The van der Waals surface area contributed by atoms with Crippen molar-refractivity contribution < 1.29 is 19.1 Å². The Balaban J connectivity index is 1.68. The van der Waals surface area contributed by atoms with Crippen LogP contribution in [0.1, 0.15) is 35.7 Å². The zero-order chi connectivity index (χ0) is 19.8. The molecular formula is C22H26N2O4. The van der Waals surface area contributed by atoms with Crippen LogP contribution in [-0.4, -0.2) is 31.6 Å². The third kappa shape index (κ3) is 5.82. The first-order chi connectivity index (χ1) is 13.6. The third-order valence-electron chi connectivity index (χ3n) is 4.68. The predicted octanol–water partition coefficient (Wildman–Crippen LogP) is 3.38. The highest BCUT2D eigenvalue weighted by Crippen LogP contribution is 2.27. The molecule has 0 unspecified atom stereocenters. The first-order valence-corrected chi connectivity index (χ1v) is 9.56. The third-order valence-corrected chi connectivity index (χ3v) is 4.68. The molecule has 0 atom stereocenters. The maximum absolute atomic E-state index is 12.6. The summed E-state index contributed by atoms with van der Waals surface area (Å²) >= 11 is 0. The number of carbonyl (C=O) groups is 2. The van der Waals surface area contributed by atoms with Crippen LogP contribution in [0.3, 0.4) is 0 Å². The van der Waals surface area contributed by atoms with Crippen LogP contribution in [0.5, 0.6) is 5.75 Å². The lowest BCUT2D eigenvalue weighted by atomic mass is 10.0. The number of anilines is 1. The Morgan fingerprint density at radius 2 is 1.86 bits per heavy atom. The molecule has 1 aliphatic heterocycles. The molecule has 3 rings (SSSR count). The molecule has 1 fully saturated rings. The fourth-order valence-corrected chi connectivity index (χ4v) is 3.10. The number of hydrogen-bond donors (Lipinski definition) is 2. The Morgan fingerprint density at radius 3 is 2.57 bits per heavy atom. The number of rotatable bonds is 7. The van der Waals surface area contributed by atoms with Gasteiger partial charge < -0.3 is 20.1 Å². The van der Waals surface area contributed by atoms with Gasteiger partial charge in [0.1, 0.15) is 12.4 Å². The number of carbonyl (C=O) groups excluding carboxylic acids is 2. The van der Waals surface area contributed by atoms with E-state index in [9.17, 15) is 9.59 Å². The van der Waals surface area contributed by atoms with E-state index in [2.05, 4.69) is 10.6 Å². The van der Waals surface area contributed by atoms with Crippen LogP contribution in [0.4, 0.5) is 5.69 Å². The van der Waals surface area contributed by atoms with Crippen LogP contribution >= 0.6 is 0 Å². The number of benzene rings is 2. The minimum atomic E-state index is -0.193. The van der Waals surface area contributed by atoms with Crippen molar-refractivity contribution in [1.29, 1.82) is 0 Å². The van der Waals surface area contributed by atoms with Gasteiger partial charge in [-0.15, -0.1) is 0 Å². The van der Waals surface area contributed by atoms with Crippen molar-refractivity contribution in [3.05, 3.63) is 59.7 Å². The Bertz CT molecular complexity index is 801. The molecule has 28 heavy (non-hydrogen) atoms. The van der Waals surface area contributed by atoms with E-state index in [-0.39, 0.29) is 11.8 Å². The van der Waals surface area contributed by atoms with E-state index in [1.54, 1.807) is 18.2 Å². The molecule has 0 saturated carbocycles. The summed E-state index contributed by atoms with van der Waals surface area (Å²) in [6.45, 7) is 3.93. The Morgan fingerprint density at radius 1 is 1.11 bits per heavy atom. The second kappa shape index (κ2) is 9.90. The highest BCUT2D eigenvalue weighted by molar-refractivity contribution is 5.96. The summed E-state index contributed by atoms with van der Waals surface area (Å²) in [6.07, 6.45) is 1.93. The Labute approximate surface area is 165 Å². The van der Waals surface area contributed by atoms with Gasteiger partial charge in [0.05, 0.1) is 5.69 Å². The first-order valence-electron chi connectivity index (χ1n) is 9.56. The zero-order valence-electron chi connectivity index (χ0n) is 16.1. The summed E-state index contributed by atoms with van der Waals surface area (Å²) in [6, 6.07) is 14.8. The largest absolute Gasteiger partial charge is 0.487 e. The van der Waals surface area contributed by atoms with Crippen molar-refractivity contribution in [2.45, 2.75) is 26.4 Å². The lowest BCUT2D eigenvalue weighted by molar-refractivity contribution is -0.114. The minimum Gasteiger partial charge on any atom is -0.487 e. The van der Waals surface area contributed by atoms with Crippen LogP contribution in [0, 0.1) is 5.92 Å². The van der Waals surface area contributed by atoms with Gasteiger partial charge in [0.25, 0.3) is 5.91 Å². The normalized spacial score (nSPS) is 14.3. The van der Waals surface area contributed by atoms with Gasteiger partial charge in [-0.2, -0.15) is 0 Å². The number of ether oxygens (including phenoxy) is 2. The molecule has 0 bridgehead atoms. The van der Waals surface area contributed by atoms with E-state index >= 15 is 0 Å². The monoisotopic (exact) mass is 382 g/mol. The van der Waals surface area contributed by atoms with Crippen LogP contribution in [-0.2, 0) is 16.1 Å². The van der Waals surface area contributed by atoms with Crippen molar-refractivity contribution in [3.8, 4) is 5.75 Å². The number of amides is 2. The molecule has 1 saturated heterocycles. The molecule has 2 aromatic carbocycles. The first kappa shape index (κ1) is 19.9. The lowest BCUT2D eigenvalue weighted by Crippen LogP contribution is -2.32. The van der Waals surface area contributed by atoms with Crippen LogP contribution in [0.15, 0.2) is 48.5 Å². The quantitative estimate of drug-likeness (QED) is 0.770. The van der Waals surface area contributed by atoms with E-state index in [4.69, 9.17) is 9.47 Å². The summed E-state index contributed by atoms with van der Waals surface area (Å²) in [7, 11) is 0. The van der Waals surface area contributed by atoms with Crippen molar-refractivity contribution >= 4 is 17.5 Å². The maximum atomic E-state index is 12.6. The van der Waals surface area contributed by atoms with Crippen LogP contribution in [0.25, 0.3) is 0 Å². The van der Waals surface area contributed by atoms with Gasteiger partial charge in [-0.3, -0.25) is 9.59 Å². The molecule has 1 heterocycles. The lowest BCUT2D eigenvalue weighted by Gasteiger charge is -2.22. The maximum Gasteiger partial charge on any atom is 0.251 e. The van der Waals surface area contributed by atoms with E-state index in [1.807, 2.05) is 30.3 Å². The van der Waals surface area contributed by atoms with Gasteiger partial charge in [-0.25, -0.2) is 0 Å². The second-order valence-corrected chi connectivity index (χ2v) is 6.93. The molecule has 0 aliphatic carbocycles. The van der Waals surface area contributed by atoms with Gasteiger partial charge in [0.15, 0.2) is 0 Å². The van der Waals surface area contributed by atoms with Crippen LogP contribution < -0.4 is 15.4 Å². The van der Waals surface area contributed by atoms with Gasteiger partial charge in [0, 0.05) is 32.2 Å². The topological polar surface area (TPSA) is 76.7 Å². The molecule has 0 spiro atoms. The molecule has 2 amide bonds. The zero-order valence-corrected chi connectivity index (χ0v) is 16.1. The molecule has 1 aliphatic rings. The second-order valence-electron chi connectivity index (χ2n) is 6.93. The van der Waals surface area contributed by atoms with Crippen molar-refractivity contribution in [3.63, 3.8) is 0 Å². The number of nitrogens with one attached hydrogen (secondary N) is 2. The van der Waals surface area contributed by atoms with E-state index in [1.165, 1.54) is 6.92 Å². The molecular weight excluding hydrogens is 356 g/mol. The van der Waals surface area contributed by atoms with E-state index < -0.39 is 0 Å². The molecule has 6 nitrogen and oxygen atoms in total. The summed E-state index contributed by atoms with van der Waals surface area (Å²) in [4.78, 5) is 24.0. The van der Waals surface area contributed by atoms with Gasteiger partial charge >= 0.3 is 0 Å². The average Bonchev–Trinajstić information content (AvgIpc) is 2.72. The smallest absolute Gasteiger partial charge is 0.251 e. The van der Waals surface area contributed by atoms with Crippen molar-refractivity contribution in [2.24, 2.45) is 5.92 Å². The molecule has 0 aromatic heterocycles. The average molecular weight is 382 g/mol. The van der Waals surface area contributed by atoms with E-state index in [0.717, 1.165) is 31.6 Å². The minimum absolute atomic E-state index is 0.148. The SMILES string of the molecule is CC(=O)Nc1ccc(C(=O)NCC2CCOCC2)cc1OCc1ccccc1. The Kier molecular flexibility index (Phi) is 7.03. The predicted molar refractivity (Wildman–Crippen MR) is 107 cm³/mol. The fourth-order valence-electron chi connectivity index (χ4n) is 3.10. The molecule has 6 heteroatoms. The van der Waals surface area contributed by atoms with Crippen molar-refractivity contribution in [1.82, 2.24) is 5.32 Å². The van der Waals surface area contributed by atoms with Gasteiger partial charge in [0.2, 0.25) is 5.91 Å². The fraction of sp³-hybridized carbons (Fsp3) is 0.364. The summed E-state index contributed by atoms with van der Waals surface area (Å²) in [5.41, 5.74) is 2.05. The Hall–Kier alpha value is -2.86. The standard InChI is InChI=1S/C22H26N2O4/c1-16(25)24-20-8-7-19(22(26)23-14-17-9-11-27-12-10-17)13-21(20)28-15-18-5-3-2-4-6-18/h2-8,13,17H,9-12,14-15H2,1H3,(H,23,26)(H,24,25). The highest BCUT2D eigenvalue weighted by Gasteiger charge is 2.16. The summed E-state index contributed by atoms with van der Waals surface area (Å²) in [5.74, 6) is 0.578. The van der Waals surface area contributed by atoms with E-state index in [0.29, 0.717) is 36.1 Å². The number of hydrogen-bond acceptors (Lipinski definition) is 4. The van der Waals surface area contributed by atoms with Gasteiger partial charge in [-0.1, -0.05) is 30.3 Å². The molecule has 2 aromatic rings. The highest BCUT2D eigenvalue weighted by atomic mass is 16.5. The van der Waals surface area contributed by atoms with Crippen LogP contribution in [0.2, 0.25) is 0 Å². The molecule has 148 valence electrons. The van der Waals surface area contributed by atoms with Crippen molar-refractivity contribution in [2.75, 3.05) is 25.1 Å². The summed E-state index contributed by atoms with van der Waals surface area (Å²) < 4.78 is 11.2. The summed E-state index contributed by atoms with van der Waals surface area (Å²) in [5, 5.41) is 5.74. The molecule has 2 N–H and O–H groups in total. The molecule has 0 radical (unpaired) electrons.